The van der Waals surface area contributed by atoms with Crippen molar-refractivity contribution in [2.45, 2.75) is 51.3 Å². The smallest absolute Gasteiger partial charge is 0.100 e. The van der Waals surface area contributed by atoms with Gasteiger partial charge < -0.3 is 5.11 Å². The van der Waals surface area contributed by atoms with Gasteiger partial charge >= 0.3 is 0 Å². The molecule has 1 atom stereocenters. The molecule has 1 unspecified atom stereocenters. The maximum atomic E-state index is 12.6. The lowest BCUT2D eigenvalue weighted by molar-refractivity contribution is 0.0640. The molecule has 0 saturated heterocycles. The zero-order valence-corrected chi connectivity index (χ0v) is 7.09. The second-order valence-electron chi connectivity index (χ2n) is 3.49. The molecule has 66 valence electrons. The van der Waals surface area contributed by atoms with Crippen LogP contribution in [0, 0.1) is 5.92 Å². The number of hydrogen-bond donors (Lipinski definition) is 1. The number of hydrogen-bond acceptors (Lipinski definition) is 1. The minimum absolute atomic E-state index is 0.192. The molecule has 1 saturated carbocycles. The highest BCUT2D eigenvalue weighted by atomic mass is 19.1. The molecule has 1 aliphatic carbocycles. The molecule has 11 heavy (non-hydrogen) atoms. The van der Waals surface area contributed by atoms with E-state index in [4.69, 9.17) is 0 Å². The second-order valence-corrected chi connectivity index (χ2v) is 3.49. The van der Waals surface area contributed by atoms with E-state index in [1.165, 1.54) is 0 Å². The van der Waals surface area contributed by atoms with Crippen LogP contribution in [0.3, 0.4) is 0 Å². The van der Waals surface area contributed by atoms with Crippen LogP contribution in [0.4, 0.5) is 4.39 Å². The summed E-state index contributed by atoms with van der Waals surface area (Å²) in [5, 5.41) is 9.45. The Balaban J connectivity index is 2.27. The van der Waals surface area contributed by atoms with Crippen LogP contribution in [0.25, 0.3) is 0 Å². The molecule has 0 aromatic heterocycles. The summed E-state index contributed by atoms with van der Waals surface area (Å²) in [7, 11) is 0. The summed E-state index contributed by atoms with van der Waals surface area (Å²) in [5.41, 5.74) is 0. The molecular weight excluding hydrogens is 143 g/mol. The molecule has 1 nitrogen and oxygen atoms in total. The van der Waals surface area contributed by atoms with Gasteiger partial charge in [-0.2, -0.15) is 0 Å². The Labute approximate surface area is 67.6 Å². The van der Waals surface area contributed by atoms with Crippen molar-refractivity contribution in [1.82, 2.24) is 0 Å². The lowest BCUT2D eigenvalue weighted by Gasteiger charge is -2.27. The summed E-state index contributed by atoms with van der Waals surface area (Å²) in [6.45, 7) is 1.98. The van der Waals surface area contributed by atoms with E-state index in [0.29, 0.717) is 18.8 Å². The predicted octanol–water partition coefficient (Wildman–Crippen LogP) is 2.29. The fourth-order valence-electron chi connectivity index (χ4n) is 1.80. The van der Waals surface area contributed by atoms with Gasteiger partial charge in [0.05, 0.1) is 6.10 Å². The molecule has 0 bridgehead atoms. The topological polar surface area (TPSA) is 20.2 Å². The van der Waals surface area contributed by atoms with Crippen molar-refractivity contribution in [2.75, 3.05) is 0 Å². The minimum atomic E-state index is -0.602. The molecule has 0 heterocycles. The molecule has 0 amide bonds. The van der Waals surface area contributed by atoms with Gasteiger partial charge in [0.2, 0.25) is 0 Å². The largest absolute Gasteiger partial charge is 0.393 e. The van der Waals surface area contributed by atoms with Gasteiger partial charge in [0.15, 0.2) is 0 Å². The summed E-state index contributed by atoms with van der Waals surface area (Å²) >= 11 is 0. The molecule has 0 spiro atoms. The van der Waals surface area contributed by atoms with Gasteiger partial charge in [0, 0.05) is 0 Å². The Morgan fingerprint density at radius 1 is 1.36 bits per heavy atom. The van der Waals surface area contributed by atoms with Crippen LogP contribution in [-0.4, -0.2) is 17.4 Å². The summed E-state index contributed by atoms with van der Waals surface area (Å²) < 4.78 is 12.6. The van der Waals surface area contributed by atoms with Crippen molar-refractivity contribution in [3.05, 3.63) is 0 Å². The van der Waals surface area contributed by atoms with Crippen LogP contribution in [0.15, 0.2) is 0 Å². The quantitative estimate of drug-likeness (QED) is 0.657. The molecule has 1 N–H and O–H groups in total. The van der Waals surface area contributed by atoms with E-state index in [0.717, 1.165) is 19.3 Å². The zero-order valence-electron chi connectivity index (χ0n) is 7.09. The standard InChI is InChI=1S/C9H17FO/c1-2-9(11)7-3-5-8(10)6-4-7/h7-9,11H,2-6H2,1H3. The van der Waals surface area contributed by atoms with Crippen LogP contribution in [0.1, 0.15) is 39.0 Å². The van der Waals surface area contributed by atoms with Gasteiger partial charge in [-0.25, -0.2) is 4.39 Å². The zero-order chi connectivity index (χ0) is 8.27. The number of rotatable bonds is 2. The molecule has 1 aliphatic rings. The van der Waals surface area contributed by atoms with E-state index in [1.54, 1.807) is 0 Å². The highest BCUT2D eigenvalue weighted by molar-refractivity contribution is 4.76. The van der Waals surface area contributed by atoms with Crippen LogP contribution in [0.5, 0.6) is 0 Å². The Morgan fingerprint density at radius 3 is 2.36 bits per heavy atom. The summed E-state index contributed by atoms with van der Waals surface area (Å²) in [6.07, 6.45) is 3.06. The van der Waals surface area contributed by atoms with E-state index in [9.17, 15) is 9.50 Å². The van der Waals surface area contributed by atoms with Gasteiger partial charge in [-0.1, -0.05) is 6.92 Å². The molecule has 0 aliphatic heterocycles. The second kappa shape index (κ2) is 4.05. The van der Waals surface area contributed by atoms with Crippen molar-refractivity contribution in [1.29, 1.82) is 0 Å². The number of alkyl halides is 1. The SMILES string of the molecule is CCC(O)C1CCC(F)CC1. The van der Waals surface area contributed by atoms with Crippen LogP contribution < -0.4 is 0 Å². The average Bonchev–Trinajstić information content (AvgIpc) is 2.05. The lowest BCUT2D eigenvalue weighted by Crippen LogP contribution is -2.25. The Hall–Kier alpha value is -0.110. The molecular formula is C9H17FO. The summed E-state index contributed by atoms with van der Waals surface area (Å²) in [4.78, 5) is 0. The maximum Gasteiger partial charge on any atom is 0.100 e. The number of aliphatic hydroxyl groups excluding tert-OH is 1. The molecule has 1 rings (SSSR count). The van der Waals surface area contributed by atoms with Crippen LogP contribution in [-0.2, 0) is 0 Å². The van der Waals surface area contributed by atoms with Gasteiger partial charge in [-0.15, -0.1) is 0 Å². The third-order valence-corrected chi connectivity index (χ3v) is 2.66. The van der Waals surface area contributed by atoms with Gasteiger partial charge in [0.25, 0.3) is 0 Å². The van der Waals surface area contributed by atoms with E-state index in [2.05, 4.69) is 0 Å². The summed E-state index contributed by atoms with van der Waals surface area (Å²) in [5.74, 6) is 0.368. The van der Waals surface area contributed by atoms with Gasteiger partial charge in [-0.3, -0.25) is 0 Å². The highest BCUT2D eigenvalue weighted by Crippen LogP contribution is 2.29. The lowest BCUT2D eigenvalue weighted by atomic mass is 9.83. The average molecular weight is 160 g/mol. The van der Waals surface area contributed by atoms with Crippen molar-refractivity contribution < 1.29 is 9.50 Å². The third kappa shape index (κ3) is 2.44. The number of aliphatic hydroxyl groups is 1. The maximum absolute atomic E-state index is 12.6. The molecule has 0 radical (unpaired) electrons. The minimum Gasteiger partial charge on any atom is -0.393 e. The van der Waals surface area contributed by atoms with Gasteiger partial charge in [0.1, 0.15) is 6.17 Å². The van der Waals surface area contributed by atoms with Crippen LogP contribution >= 0.6 is 0 Å². The Bertz CT molecular complexity index is 108. The van der Waals surface area contributed by atoms with E-state index in [-0.39, 0.29) is 6.10 Å². The van der Waals surface area contributed by atoms with Crippen molar-refractivity contribution >= 4 is 0 Å². The molecule has 0 aromatic rings. The monoisotopic (exact) mass is 160 g/mol. The van der Waals surface area contributed by atoms with Crippen LogP contribution in [0.2, 0.25) is 0 Å². The van der Waals surface area contributed by atoms with Crippen molar-refractivity contribution in [2.24, 2.45) is 5.92 Å². The molecule has 0 aromatic carbocycles. The Morgan fingerprint density at radius 2 is 1.91 bits per heavy atom. The van der Waals surface area contributed by atoms with Gasteiger partial charge in [-0.05, 0) is 38.0 Å². The Kier molecular flexibility index (Phi) is 3.31. The molecule has 2 heteroatoms. The molecule has 1 fully saturated rings. The fraction of sp³-hybridized carbons (Fsp3) is 1.00. The first-order valence-electron chi connectivity index (χ1n) is 4.56. The fourth-order valence-corrected chi connectivity index (χ4v) is 1.80. The van der Waals surface area contributed by atoms with E-state index in [1.807, 2.05) is 6.92 Å². The first-order chi connectivity index (χ1) is 5.24. The number of halogens is 1. The first kappa shape index (κ1) is 8.98. The van der Waals surface area contributed by atoms with Crippen molar-refractivity contribution in [3.63, 3.8) is 0 Å². The van der Waals surface area contributed by atoms with Crippen molar-refractivity contribution in [3.8, 4) is 0 Å². The predicted molar refractivity (Wildman–Crippen MR) is 43.2 cm³/mol. The highest BCUT2D eigenvalue weighted by Gasteiger charge is 2.24. The van der Waals surface area contributed by atoms with E-state index < -0.39 is 6.17 Å². The summed E-state index contributed by atoms with van der Waals surface area (Å²) in [6, 6.07) is 0. The third-order valence-electron chi connectivity index (χ3n) is 2.66. The van der Waals surface area contributed by atoms with E-state index >= 15 is 0 Å². The first-order valence-corrected chi connectivity index (χ1v) is 4.56. The normalized spacial score (nSPS) is 35.2.